The molecule has 0 bridgehead atoms. The fraction of sp³-hybridized carbons (Fsp3) is 0.346. The van der Waals surface area contributed by atoms with Crippen LogP contribution in [0.5, 0.6) is 5.75 Å². The van der Waals surface area contributed by atoms with Crippen molar-refractivity contribution in [2.24, 2.45) is 0 Å². The van der Waals surface area contributed by atoms with Gasteiger partial charge < -0.3 is 9.84 Å². The van der Waals surface area contributed by atoms with E-state index in [0.717, 1.165) is 38.2 Å². The molecule has 39 heavy (non-hydrogen) atoms. The van der Waals surface area contributed by atoms with Crippen molar-refractivity contribution in [3.8, 4) is 16.9 Å². The normalized spacial score (nSPS) is 14.6. The van der Waals surface area contributed by atoms with Crippen LogP contribution in [0.4, 0.5) is 13.2 Å². The van der Waals surface area contributed by atoms with Gasteiger partial charge in [-0.2, -0.15) is 13.2 Å². The van der Waals surface area contributed by atoms with Crippen LogP contribution >= 0.6 is 22.9 Å². The van der Waals surface area contributed by atoms with Crippen LogP contribution in [-0.2, 0) is 13.1 Å². The summed E-state index contributed by atoms with van der Waals surface area (Å²) in [7, 11) is 0. The minimum absolute atomic E-state index is 0.198. The number of benzene rings is 1. The number of aliphatic hydroxyl groups excluding tert-OH is 1. The molecule has 13 heteroatoms. The van der Waals surface area contributed by atoms with E-state index in [2.05, 4.69) is 9.88 Å². The Morgan fingerprint density at radius 3 is 2.67 bits per heavy atom. The predicted octanol–water partition coefficient (Wildman–Crippen LogP) is 3.91. The molecule has 1 fully saturated rings. The van der Waals surface area contributed by atoms with Gasteiger partial charge in [0.25, 0.3) is 5.56 Å². The molecule has 0 aliphatic carbocycles. The van der Waals surface area contributed by atoms with Gasteiger partial charge in [-0.25, -0.2) is 4.79 Å². The number of fused-ring (bicyclic) bond motifs is 1. The van der Waals surface area contributed by atoms with E-state index in [1.165, 1.54) is 11.3 Å². The Morgan fingerprint density at radius 1 is 1.18 bits per heavy atom. The van der Waals surface area contributed by atoms with E-state index in [4.69, 9.17) is 16.3 Å². The first kappa shape index (κ1) is 27.4. The predicted molar refractivity (Wildman–Crippen MR) is 143 cm³/mol. The summed E-state index contributed by atoms with van der Waals surface area (Å²) in [5, 5.41) is 10.0. The van der Waals surface area contributed by atoms with Crippen LogP contribution < -0.4 is 16.0 Å². The molecule has 1 aliphatic heterocycles. The lowest BCUT2D eigenvalue weighted by atomic mass is 10.0. The van der Waals surface area contributed by atoms with Crippen LogP contribution in [0.1, 0.15) is 10.4 Å². The second kappa shape index (κ2) is 10.8. The third-order valence-electron chi connectivity index (χ3n) is 6.39. The Labute approximate surface area is 229 Å². The van der Waals surface area contributed by atoms with Gasteiger partial charge in [0.05, 0.1) is 22.9 Å². The Morgan fingerprint density at radius 2 is 1.95 bits per heavy atom. The molecule has 0 spiro atoms. The van der Waals surface area contributed by atoms with Gasteiger partial charge in [-0.15, -0.1) is 11.3 Å². The maximum atomic E-state index is 12.9. The molecule has 3 aromatic heterocycles. The number of alkyl halides is 3. The number of aryl methyl sites for hydroxylation is 1. The summed E-state index contributed by atoms with van der Waals surface area (Å²) in [6.45, 7) is 2.51. The molecule has 1 aromatic carbocycles. The van der Waals surface area contributed by atoms with Crippen molar-refractivity contribution in [2.45, 2.75) is 32.3 Å². The van der Waals surface area contributed by atoms with Crippen LogP contribution in [0.2, 0.25) is 5.02 Å². The molecule has 8 nitrogen and oxygen atoms in total. The van der Waals surface area contributed by atoms with Crippen LogP contribution in [0.15, 0.2) is 52.3 Å². The SMILES string of the molecule is Cc1cc(Cl)cc(-c2ccnc3cc(Cn4c(=O)ccn(CC(F)(F)F)c4=O)sc23)c1OCCN1CC(O)C1. The van der Waals surface area contributed by atoms with Crippen molar-refractivity contribution in [1.82, 2.24) is 19.0 Å². The van der Waals surface area contributed by atoms with Crippen molar-refractivity contribution in [1.29, 1.82) is 0 Å². The molecule has 1 N–H and O–H groups in total. The third-order valence-corrected chi connectivity index (χ3v) is 7.75. The quantitative estimate of drug-likeness (QED) is 0.340. The van der Waals surface area contributed by atoms with Crippen molar-refractivity contribution >= 4 is 33.2 Å². The van der Waals surface area contributed by atoms with Crippen LogP contribution in [-0.4, -0.2) is 62.6 Å². The van der Waals surface area contributed by atoms with E-state index in [-0.39, 0.29) is 12.6 Å². The van der Waals surface area contributed by atoms with Crippen molar-refractivity contribution in [2.75, 3.05) is 26.2 Å². The molecule has 4 aromatic rings. The molecule has 1 saturated heterocycles. The van der Waals surface area contributed by atoms with Gasteiger partial charge in [0, 0.05) is 59.1 Å². The standard InChI is InChI=1S/C26H24ClF3N4O4S/c1-15-8-16(27)9-20(23(15)38-7-6-32-11-17(35)12-32)19-2-4-31-21-10-18(39-24(19)21)13-34-22(36)3-5-33(25(34)37)14-26(28,29)30/h2-5,8-10,17,35H,6-7,11-14H2,1H3. The third kappa shape index (κ3) is 6.03. The van der Waals surface area contributed by atoms with Gasteiger partial charge in [-0.1, -0.05) is 11.6 Å². The zero-order chi connectivity index (χ0) is 27.9. The highest BCUT2D eigenvalue weighted by Gasteiger charge is 2.29. The van der Waals surface area contributed by atoms with E-state index in [0.29, 0.717) is 52.0 Å². The fourth-order valence-corrected chi connectivity index (χ4v) is 5.98. The molecular weight excluding hydrogens is 557 g/mol. The maximum Gasteiger partial charge on any atom is 0.406 e. The summed E-state index contributed by atoms with van der Waals surface area (Å²) < 4.78 is 46.8. The van der Waals surface area contributed by atoms with E-state index in [1.807, 2.05) is 13.0 Å². The first-order chi connectivity index (χ1) is 18.5. The molecule has 1 aliphatic rings. The smallest absolute Gasteiger partial charge is 0.406 e. The lowest BCUT2D eigenvalue weighted by molar-refractivity contribution is -0.141. The lowest BCUT2D eigenvalue weighted by Crippen LogP contribution is -2.51. The maximum absolute atomic E-state index is 12.9. The second-order valence-electron chi connectivity index (χ2n) is 9.41. The number of pyridine rings is 1. The van der Waals surface area contributed by atoms with Gasteiger partial charge >= 0.3 is 11.9 Å². The Hall–Kier alpha value is -3.19. The monoisotopic (exact) mass is 580 g/mol. The molecule has 5 rings (SSSR count). The van der Waals surface area contributed by atoms with Gasteiger partial charge in [0.1, 0.15) is 18.9 Å². The number of rotatable bonds is 8. The highest BCUT2D eigenvalue weighted by molar-refractivity contribution is 7.19. The molecule has 4 heterocycles. The van der Waals surface area contributed by atoms with E-state index in [1.54, 1.807) is 24.4 Å². The topological polar surface area (TPSA) is 89.6 Å². The molecule has 0 amide bonds. The average molecular weight is 581 g/mol. The summed E-state index contributed by atoms with van der Waals surface area (Å²) >= 11 is 7.69. The number of likely N-dealkylation sites (tertiary alicyclic amines) is 1. The Bertz CT molecular complexity index is 1640. The first-order valence-corrected chi connectivity index (χ1v) is 13.3. The molecule has 0 saturated carbocycles. The van der Waals surface area contributed by atoms with E-state index < -0.39 is 24.0 Å². The number of β-amino-alcohol motifs (C(OH)–C–C–N with tert-alkyl or cyclic N) is 1. The molecule has 206 valence electrons. The summed E-state index contributed by atoms with van der Waals surface area (Å²) in [4.78, 5) is 32.1. The summed E-state index contributed by atoms with van der Waals surface area (Å²) in [5.74, 6) is 0.650. The van der Waals surface area contributed by atoms with Crippen molar-refractivity contribution in [3.63, 3.8) is 0 Å². The summed E-state index contributed by atoms with van der Waals surface area (Å²) in [6.07, 6.45) is -2.42. The van der Waals surface area contributed by atoms with Crippen LogP contribution in [0.3, 0.4) is 0 Å². The molecule has 0 unspecified atom stereocenters. The number of aromatic nitrogens is 3. The zero-order valence-corrected chi connectivity index (χ0v) is 22.3. The second-order valence-corrected chi connectivity index (χ2v) is 11.0. The van der Waals surface area contributed by atoms with Gasteiger partial charge in [-0.3, -0.25) is 23.8 Å². The minimum Gasteiger partial charge on any atom is -0.491 e. The number of thiophene rings is 1. The number of aliphatic hydroxyl groups is 1. The first-order valence-electron chi connectivity index (χ1n) is 12.1. The largest absolute Gasteiger partial charge is 0.491 e. The highest BCUT2D eigenvalue weighted by Crippen LogP contribution is 2.41. The highest BCUT2D eigenvalue weighted by atomic mass is 35.5. The van der Waals surface area contributed by atoms with Gasteiger partial charge in [0.2, 0.25) is 0 Å². The zero-order valence-electron chi connectivity index (χ0n) is 20.7. The molecular formula is C26H24ClF3N4O4S. The van der Waals surface area contributed by atoms with E-state index >= 15 is 0 Å². The number of hydrogen-bond donors (Lipinski definition) is 1. The van der Waals surface area contributed by atoms with Crippen LogP contribution in [0, 0.1) is 6.92 Å². The summed E-state index contributed by atoms with van der Waals surface area (Å²) in [5.41, 5.74) is 1.23. The number of nitrogens with zero attached hydrogens (tertiary/aromatic N) is 4. The van der Waals surface area contributed by atoms with Crippen molar-refractivity contribution in [3.05, 3.63) is 79.0 Å². The summed E-state index contributed by atoms with van der Waals surface area (Å²) in [6, 6.07) is 8.08. The number of halogens is 4. The average Bonchev–Trinajstić information content (AvgIpc) is 3.25. The minimum atomic E-state index is -4.60. The lowest BCUT2D eigenvalue weighted by Gasteiger charge is -2.35. The number of ether oxygens (including phenoxy) is 1. The van der Waals surface area contributed by atoms with Crippen LogP contribution in [0.25, 0.3) is 21.3 Å². The van der Waals surface area contributed by atoms with E-state index in [9.17, 15) is 27.9 Å². The molecule has 0 atom stereocenters. The number of hydrogen-bond acceptors (Lipinski definition) is 7. The fourth-order valence-electron chi connectivity index (χ4n) is 4.57. The Balaban J connectivity index is 1.48. The Kier molecular flexibility index (Phi) is 7.55. The van der Waals surface area contributed by atoms with Gasteiger partial charge in [-0.05, 0) is 36.8 Å². The van der Waals surface area contributed by atoms with Gasteiger partial charge in [0.15, 0.2) is 0 Å². The van der Waals surface area contributed by atoms with Crippen molar-refractivity contribution < 1.29 is 23.0 Å². The molecule has 0 radical (unpaired) electrons.